The summed E-state index contributed by atoms with van der Waals surface area (Å²) in [7, 11) is 0. The Labute approximate surface area is 145 Å². The molecule has 1 atom stereocenters. The van der Waals surface area contributed by atoms with Crippen molar-refractivity contribution in [3.63, 3.8) is 0 Å². The van der Waals surface area contributed by atoms with Crippen LogP contribution in [0.25, 0.3) is 0 Å². The number of anilines is 1. The average Bonchev–Trinajstić information content (AvgIpc) is 3.31. The first kappa shape index (κ1) is 15.9. The fourth-order valence-electron chi connectivity index (χ4n) is 3.49. The highest BCUT2D eigenvalue weighted by Crippen LogP contribution is 2.40. The molecule has 0 unspecified atom stereocenters. The average molecular weight is 346 g/mol. The Morgan fingerprint density at radius 2 is 2.29 bits per heavy atom. The SMILES string of the molecule is Cc1sc2c(c1C)CN(C[C@H]1CCCO1)CN2C(=O)c1ccco1. The molecule has 6 heteroatoms. The smallest absolute Gasteiger partial charge is 0.295 e. The van der Waals surface area contributed by atoms with Gasteiger partial charge in [-0.3, -0.25) is 14.6 Å². The Bertz CT molecular complexity index is 732. The predicted octanol–water partition coefficient (Wildman–Crippen LogP) is 3.56. The van der Waals surface area contributed by atoms with Crippen LogP contribution in [0.15, 0.2) is 22.8 Å². The van der Waals surface area contributed by atoms with Crippen LogP contribution in [0.1, 0.15) is 39.4 Å². The van der Waals surface area contributed by atoms with Crippen LogP contribution in [0.5, 0.6) is 0 Å². The van der Waals surface area contributed by atoms with Gasteiger partial charge >= 0.3 is 0 Å². The molecule has 24 heavy (non-hydrogen) atoms. The highest BCUT2D eigenvalue weighted by Gasteiger charge is 2.33. The van der Waals surface area contributed by atoms with Gasteiger partial charge in [0.1, 0.15) is 5.00 Å². The molecule has 2 aromatic rings. The third-order valence-electron chi connectivity index (χ3n) is 4.92. The molecule has 2 aliphatic rings. The molecule has 0 radical (unpaired) electrons. The normalized spacial score (nSPS) is 21.2. The number of furan rings is 1. The van der Waals surface area contributed by atoms with Crippen molar-refractivity contribution in [2.75, 3.05) is 24.7 Å². The van der Waals surface area contributed by atoms with Crippen molar-refractivity contribution in [1.82, 2.24) is 4.90 Å². The number of hydrogen-bond acceptors (Lipinski definition) is 5. The fraction of sp³-hybridized carbons (Fsp3) is 0.500. The number of rotatable bonds is 3. The summed E-state index contributed by atoms with van der Waals surface area (Å²) in [6.45, 7) is 7.47. The van der Waals surface area contributed by atoms with Crippen molar-refractivity contribution in [2.45, 2.75) is 39.3 Å². The molecule has 5 nitrogen and oxygen atoms in total. The monoisotopic (exact) mass is 346 g/mol. The van der Waals surface area contributed by atoms with Crippen molar-refractivity contribution < 1.29 is 13.9 Å². The maximum Gasteiger partial charge on any atom is 0.295 e. The van der Waals surface area contributed by atoms with Gasteiger partial charge in [-0.15, -0.1) is 11.3 Å². The summed E-state index contributed by atoms with van der Waals surface area (Å²) in [5.41, 5.74) is 2.56. The highest BCUT2D eigenvalue weighted by atomic mass is 32.1. The number of amides is 1. The number of aryl methyl sites for hydroxylation is 1. The van der Waals surface area contributed by atoms with Gasteiger partial charge in [-0.2, -0.15) is 0 Å². The van der Waals surface area contributed by atoms with E-state index in [1.807, 2.05) is 4.90 Å². The summed E-state index contributed by atoms with van der Waals surface area (Å²) in [6.07, 6.45) is 4.08. The summed E-state index contributed by atoms with van der Waals surface area (Å²) >= 11 is 1.70. The van der Waals surface area contributed by atoms with Gasteiger partial charge in [-0.1, -0.05) is 0 Å². The number of carbonyl (C=O) groups is 1. The minimum atomic E-state index is -0.0699. The van der Waals surface area contributed by atoms with E-state index in [1.54, 1.807) is 29.7 Å². The maximum atomic E-state index is 12.9. The van der Waals surface area contributed by atoms with Crippen molar-refractivity contribution in [2.24, 2.45) is 0 Å². The molecule has 0 aliphatic carbocycles. The molecule has 0 N–H and O–H groups in total. The number of fused-ring (bicyclic) bond motifs is 1. The Balaban J connectivity index is 1.64. The molecule has 2 aliphatic heterocycles. The summed E-state index contributed by atoms with van der Waals surface area (Å²) < 4.78 is 11.1. The second kappa shape index (κ2) is 6.35. The molecular formula is C18H22N2O3S. The van der Waals surface area contributed by atoms with E-state index in [-0.39, 0.29) is 12.0 Å². The highest BCUT2D eigenvalue weighted by molar-refractivity contribution is 7.16. The largest absolute Gasteiger partial charge is 0.459 e. The zero-order valence-corrected chi connectivity index (χ0v) is 14.9. The van der Waals surface area contributed by atoms with E-state index in [0.717, 1.165) is 37.5 Å². The van der Waals surface area contributed by atoms with E-state index >= 15 is 0 Å². The van der Waals surface area contributed by atoms with Crippen LogP contribution in [-0.2, 0) is 11.3 Å². The summed E-state index contributed by atoms with van der Waals surface area (Å²) in [4.78, 5) is 18.4. The standard InChI is InChI=1S/C18H22N2O3S/c1-12-13(2)24-18-15(12)10-19(9-14-5-3-7-22-14)11-20(18)17(21)16-6-4-8-23-16/h4,6,8,14H,3,5,7,9-11H2,1-2H3/t14-/m1/s1. The number of carbonyl (C=O) groups excluding carboxylic acids is 1. The third-order valence-corrected chi connectivity index (χ3v) is 6.19. The zero-order valence-electron chi connectivity index (χ0n) is 14.1. The van der Waals surface area contributed by atoms with Crippen LogP contribution < -0.4 is 4.90 Å². The van der Waals surface area contributed by atoms with E-state index in [9.17, 15) is 4.79 Å². The number of thiophene rings is 1. The minimum Gasteiger partial charge on any atom is -0.459 e. The molecule has 0 saturated carbocycles. The first-order valence-electron chi connectivity index (χ1n) is 8.41. The Kier molecular flexibility index (Phi) is 4.20. The lowest BCUT2D eigenvalue weighted by Gasteiger charge is -2.36. The van der Waals surface area contributed by atoms with Crippen LogP contribution in [0.2, 0.25) is 0 Å². The molecule has 0 spiro atoms. The van der Waals surface area contributed by atoms with Crippen molar-refractivity contribution in [3.8, 4) is 0 Å². The van der Waals surface area contributed by atoms with Gasteiger partial charge in [0.2, 0.25) is 0 Å². The second-order valence-electron chi connectivity index (χ2n) is 6.57. The quantitative estimate of drug-likeness (QED) is 0.852. The van der Waals surface area contributed by atoms with Crippen LogP contribution >= 0.6 is 11.3 Å². The molecule has 2 aromatic heterocycles. The number of ether oxygens (including phenoxy) is 1. The Morgan fingerprint density at radius 1 is 1.42 bits per heavy atom. The number of hydrogen-bond donors (Lipinski definition) is 0. The van der Waals surface area contributed by atoms with E-state index in [2.05, 4.69) is 18.7 Å². The van der Waals surface area contributed by atoms with Crippen molar-refractivity contribution >= 4 is 22.2 Å². The van der Waals surface area contributed by atoms with Crippen molar-refractivity contribution in [3.05, 3.63) is 40.2 Å². The van der Waals surface area contributed by atoms with E-state index in [0.29, 0.717) is 12.4 Å². The molecule has 0 aromatic carbocycles. The van der Waals surface area contributed by atoms with Crippen LogP contribution in [0, 0.1) is 13.8 Å². The Hall–Kier alpha value is -1.63. The lowest BCUT2D eigenvalue weighted by atomic mass is 10.1. The molecule has 0 bridgehead atoms. The molecule has 1 fully saturated rings. The first-order chi connectivity index (χ1) is 11.6. The summed E-state index contributed by atoms with van der Waals surface area (Å²) in [5.74, 6) is 0.322. The van der Waals surface area contributed by atoms with E-state index in [4.69, 9.17) is 9.15 Å². The lowest BCUT2D eigenvalue weighted by molar-refractivity contribution is 0.0659. The van der Waals surface area contributed by atoms with Crippen LogP contribution in [0.4, 0.5) is 5.00 Å². The van der Waals surface area contributed by atoms with Gasteiger partial charge < -0.3 is 9.15 Å². The first-order valence-corrected chi connectivity index (χ1v) is 9.23. The van der Waals surface area contributed by atoms with Gasteiger partial charge in [-0.05, 0) is 44.4 Å². The topological polar surface area (TPSA) is 45.9 Å². The van der Waals surface area contributed by atoms with E-state index < -0.39 is 0 Å². The maximum absolute atomic E-state index is 12.9. The van der Waals surface area contributed by atoms with Gasteiger partial charge in [0.15, 0.2) is 5.76 Å². The lowest BCUT2D eigenvalue weighted by Crippen LogP contribution is -2.47. The van der Waals surface area contributed by atoms with Gasteiger partial charge in [0, 0.05) is 30.1 Å². The fourth-order valence-corrected chi connectivity index (χ4v) is 4.64. The summed E-state index contributed by atoms with van der Waals surface area (Å²) in [6, 6.07) is 3.49. The predicted molar refractivity (Wildman–Crippen MR) is 93.6 cm³/mol. The van der Waals surface area contributed by atoms with Crippen LogP contribution in [-0.4, -0.2) is 36.7 Å². The zero-order chi connectivity index (χ0) is 16.7. The summed E-state index contributed by atoms with van der Waals surface area (Å²) in [5, 5.41) is 1.06. The van der Waals surface area contributed by atoms with Gasteiger partial charge in [0.25, 0.3) is 5.91 Å². The molecule has 4 heterocycles. The van der Waals surface area contributed by atoms with E-state index in [1.165, 1.54) is 16.0 Å². The Morgan fingerprint density at radius 3 is 3.00 bits per heavy atom. The second-order valence-corrected chi connectivity index (χ2v) is 7.77. The third kappa shape index (κ3) is 2.79. The van der Waals surface area contributed by atoms with Gasteiger partial charge in [0.05, 0.1) is 19.0 Å². The molecule has 4 rings (SSSR count). The van der Waals surface area contributed by atoms with Crippen molar-refractivity contribution in [1.29, 1.82) is 0 Å². The minimum absolute atomic E-state index is 0.0699. The number of nitrogens with zero attached hydrogens (tertiary/aromatic N) is 2. The molecule has 128 valence electrons. The van der Waals surface area contributed by atoms with Crippen LogP contribution in [0.3, 0.4) is 0 Å². The van der Waals surface area contributed by atoms with Gasteiger partial charge in [-0.25, -0.2) is 0 Å². The molecular weight excluding hydrogens is 324 g/mol. The molecule has 1 saturated heterocycles. The molecule has 1 amide bonds.